The van der Waals surface area contributed by atoms with E-state index in [4.69, 9.17) is 14.2 Å². The number of rotatable bonds is 11. The first-order valence-electron chi connectivity index (χ1n) is 16.1. The molecule has 248 valence electrons. The van der Waals surface area contributed by atoms with Gasteiger partial charge < -0.3 is 29.0 Å². The smallest absolute Gasteiger partial charge is 0.431 e. The molecule has 3 aromatic rings. The molecular formula is C35H45FN4O6. The van der Waals surface area contributed by atoms with Gasteiger partial charge in [-0.15, -0.1) is 0 Å². The molecule has 1 unspecified atom stereocenters. The summed E-state index contributed by atoms with van der Waals surface area (Å²) in [4.78, 5) is 41.7. The molecule has 0 spiro atoms. The second-order valence-corrected chi connectivity index (χ2v) is 12.8. The highest BCUT2D eigenvalue weighted by atomic mass is 19.1. The number of carbonyl (C=O) groups is 3. The summed E-state index contributed by atoms with van der Waals surface area (Å²) in [6.45, 7) is 14.4. The summed E-state index contributed by atoms with van der Waals surface area (Å²) in [5, 5.41) is 4.64. The molecule has 2 aliphatic rings. The molecule has 1 amide bonds. The van der Waals surface area contributed by atoms with E-state index in [1.165, 1.54) is 37.6 Å². The lowest BCUT2D eigenvalue weighted by Crippen LogP contribution is -2.50. The molecule has 1 aliphatic carbocycles. The number of anilines is 1. The van der Waals surface area contributed by atoms with Crippen LogP contribution in [-0.2, 0) is 32.1 Å². The Labute approximate surface area is 269 Å². The normalized spacial score (nSPS) is 16.0. The van der Waals surface area contributed by atoms with Crippen LogP contribution in [0.4, 0.5) is 14.9 Å². The number of nitrogens with one attached hydrogen (secondary N) is 1. The summed E-state index contributed by atoms with van der Waals surface area (Å²) in [7, 11) is 0. The van der Waals surface area contributed by atoms with Gasteiger partial charge in [-0.3, -0.25) is 14.5 Å². The van der Waals surface area contributed by atoms with Crippen LogP contribution in [0.5, 0.6) is 0 Å². The topological polar surface area (TPSA) is 102 Å². The molecule has 0 radical (unpaired) electrons. The number of amides is 1. The lowest BCUT2D eigenvalue weighted by Gasteiger charge is -2.34. The van der Waals surface area contributed by atoms with Crippen LogP contribution in [0.1, 0.15) is 66.4 Å². The number of esters is 1. The number of halogens is 1. The van der Waals surface area contributed by atoms with Crippen molar-refractivity contribution in [1.29, 1.82) is 0 Å². The van der Waals surface area contributed by atoms with Crippen LogP contribution in [-0.4, -0.2) is 77.5 Å². The molecule has 10 nitrogen and oxygen atoms in total. The second kappa shape index (κ2) is 14.1. The van der Waals surface area contributed by atoms with E-state index in [-0.39, 0.29) is 24.4 Å². The van der Waals surface area contributed by atoms with E-state index in [9.17, 15) is 18.8 Å². The predicted octanol–water partition coefficient (Wildman–Crippen LogP) is 5.94. The van der Waals surface area contributed by atoms with Gasteiger partial charge in [0.2, 0.25) is 6.29 Å². The average Bonchev–Trinajstić information content (AvgIpc) is 3.78. The highest BCUT2D eigenvalue weighted by molar-refractivity contribution is 6.04. The standard InChI is InChI=1S/C35H45FN4O6/c1-21(2)44-35(43)46-25(6)45-32(41)20-38-11-13-39(14-12-38)34(42)28-16-30-23(4)24(5)40(19-26-7-8-26)33(30)31(17-28)37-18-27-9-10-29(36)15-22(27)3/h9-10,15-17,21,25-26,37H,7-8,11-14,18-20H2,1-6H3. The monoisotopic (exact) mass is 636 g/mol. The van der Waals surface area contributed by atoms with Crippen molar-refractivity contribution in [2.75, 3.05) is 38.0 Å². The number of benzene rings is 2. The number of fused-ring (bicyclic) bond motifs is 1. The second-order valence-electron chi connectivity index (χ2n) is 12.8. The van der Waals surface area contributed by atoms with Gasteiger partial charge in [0, 0.05) is 62.8 Å². The first-order chi connectivity index (χ1) is 21.9. The number of ether oxygens (including phenoxy) is 3. The number of nitrogens with zero attached hydrogens (tertiary/aromatic N) is 3. The van der Waals surface area contributed by atoms with Crippen LogP contribution in [0.15, 0.2) is 30.3 Å². The maximum absolute atomic E-state index is 13.9. The number of aryl methyl sites for hydroxylation is 2. The molecule has 1 N–H and O–H groups in total. The third kappa shape index (κ3) is 7.99. The maximum atomic E-state index is 13.9. The van der Waals surface area contributed by atoms with Gasteiger partial charge in [0.15, 0.2) is 0 Å². The van der Waals surface area contributed by atoms with Crippen molar-refractivity contribution >= 4 is 34.6 Å². The Morgan fingerprint density at radius 2 is 1.67 bits per heavy atom. The summed E-state index contributed by atoms with van der Waals surface area (Å²) >= 11 is 0. The van der Waals surface area contributed by atoms with E-state index in [2.05, 4.69) is 23.7 Å². The van der Waals surface area contributed by atoms with E-state index < -0.39 is 18.4 Å². The lowest BCUT2D eigenvalue weighted by molar-refractivity contribution is -0.170. The summed E-state index contributed by atoms with van der Waals surface area (Å²) in [5.41, 5.74) is 6.80. The fourth-order valence-corrected chi connectivity index (χ4v) is 5.95. The summed E-state index contributed by atoms with van der Waals surface area (Å²) in [6.07, 6.45) is 0.157. The molecule has 46 heavy (non-hydrogen) atoms. The number of hydrogen-bond donors (Lipinski definition) is 1. The Hall–Kier alpha value is -4.12. The largest absolute Gasteiger partial charge is 0.511 e. The van der Waals surface area contributed by atoms with Crippen molar-refractivity contribution in [2.24, 2.45) is 5.92 Å². The minimum atomic E-state index is -1.07. The van der Waals surface area contributed by atoms with Crippen LogP contribution in [0.2, 0.25) is 0 Å². The minimum absolute atomic E-state index is 0.0186. The third-order valence-corrected chi connectivity index (χ3v) is 8.79. The molecule has 0 bridgehead atoms. The molecule has 1 saturated carbocycles. The number of carbonyl (C=O) groups excluding carboxylic acids is 3. The van der Waals surface area contributed by atoms with E-state index >= 15 is 0 Å². The minimum Gasteiger partial charge on any atom is -0.431 e. The van der Waals surface area contributed by atoms with Gasteiger partial charge in [0.1, 0.15) is 5.82 Å². The van der Waals surface area contributed by atoms with E-state index in [1.54, 1.807) is 19.9 Å². The Morgan fingerprint density at radius 3 is 2.33 bits per heavy atom. The molecule has 1 atom stereocenters. The van der Waals surface area contributed by atoms with Gasteiger partial charge in [0.25, 0.3) is 5.91 Å². The van der Waals surface area contributed by atoms with Gasteiger partial charge in [-0.1, -0.05) is 6.07 Å². The maximum Gasteiger partial charge on any atom is 0.511 e. The van der Waals surface area contributed by atoms with E-state index in [0.29, 0.717) is 44.2 Å². The van der Waals surface area contributed by atoms with Gasteiger partial charge in [-0.2, -0.15) is 0 Å². The quantitative estimate of drug-likeness (QED) is 0.204. The van der Waals surface area contributed by atoms with Crippen molar-refractivity contribution in [3.05, 3.63) is 64.1 Å². The average molecular weight is 637 g/mol. The predicted molar refractivity (Wildman–Crippen MR) is 173 cm³/mol. The molecular weight excluding hydrogens is 591 g/mol. The summed E-state index contributed by atoms with van der Waals surface area (Å²) in [6, 6.07) is 8.76. The fourth-order valence-electron chi connectivity index (χ4n) is 5.95. The lowest BCUT2D eigenvalue weighted by atomic mass is 10.0. The molecule has 2 aromatic carbocycles. The zero-order chi connectivity index (χ0) is 33.1. The summed E-state index contributed by atoms with van der Waals surface area (Å²) in [5.74, 6) is -0.176. The summed E-state index contributed by atoms with van der Waals surface area (Å²) < 4.78 is 31.2. The Bertz CT molecular complexity index is 1610. The number of piperazine rings is 1. The number of hydrogen-bond acceptors (Lipinski definition) is 8. The number of aromatic nitrogens is 1. The van der Waals surface area contributed by atoms with Crippen LogP contribution in [0.3, 0.4) is 0 Å². The zero-order valence-electron chi connectivity index (χ0n) is 27.7. The Balaban J connectivity index is 1.28. The van der Waals surface area contributed by atoms with Crippen LogP contribution < -0.4 is 5.32 Å². The van der Waals surface area contributed by atoms with Gasteiger partial charge in [0.05, 0.1) is 23.9 Å². The van der Waals surface area contributed by atoms with Crippen molar-refractivity contribution in [1.82, 2.24) is 14.4 Å². The van der Waals surface area contributed by atoms with Crippen molar-refractivity contribution < 1.29 is 33.0 Å². The van der Waals surface area contributed by atoms with E-state index in [1.807, 2.05) is 28.9 Å². The fraction of sp³-hybridized carbons (Fsp3) is 0.514. The van der Waals surface area contributed by atoms with Crippen molar-refractivity contribution in [3.63, 3.8) is 0 Å². The van der Waals surface area contributed by atoms with E-state index in [0.717, 1.165) is 39.8 Å². The van der Waals surface area contributed by atoms with Gasteiger partial charge >= 0.3 is 12.1 Å². The van der Waals surface area contributed by atoms with Crippen LogP contribution in [0.25, 0.3) is 10.9 Å². The van der Waals surface area contributed by atoms with Crippen LogP contribution in [0, 0.1) is 32.5 Å². The van der Waals surface area contributed by atoms with Crippen molar-refractivity contribution in [2.45, 2.75) is 79.9 Å². The molecule has 2 heterocycles. The van der Waals surface area contributed by atoms with Gasteiger partial charge in [-0.25, -0.2) is 9.18 Å². The highest BCUT2D eigenvalue weighted by Gasteiger charge is 2.28. The van der Waals surface area contributed by atoms with Crippen LogP contribution >= 0.6 is 0 Å². The first kappa shape index (κ1) is 33.2. The Morgan fingerprint density at radius 1 is 0.957 bits per heavy atom. The molecule has 5 rings (SSSR count). The molecule has 2 fully saturated rings. The molecule has 1 saturated heterocycles. The molecule has 1 aromatic heterocycles. The van der Waals surface area contributed by atoms with Crippen molar-refractivity contribution in [3.8, 4) is 0 Å². The SMILES string of the molecule is Cc1cc(F)ccc1CNc1cc(C(=O)N2CCN(CC(=O)OC(C)OC(=O)OC(C)C)CC2)cc2c(C)c(C)n(CC3CC3)c12. The Kier molecular flexibility index (Phi) is 10.2. The first-order valence-corrected chi connectivity index (χ1v) is 16.1. The van der Waals surface area contributed by atoms with Gasteiger partial charge in [-0.05, 0) is 94.3 Å². The molecule has 1 aliphatic heterocycles. The highest BCUT2D eigenvalue weighted by Crippen LogP contribution is 2.38. The third-order valence-electron chi connectivity index (χ3n) is 8.79. The zero-order valence-corrected chi connectivity index (χ0v) is 27.7. The molecule has 11 heteroatoms.